The van der Waals surface area contributed by atoms with E-state index in [0.29, 0.717) is 103 Å². The number of fused-ring (bicyclic) bond motifs is 7. The maximum atomic E-state index is 11.9. The first-order valence-corrected chi connectivity index (χ1v) is 31.5. The van der Waals surface area contributed by atoms with Crippen molar-refractivity contribution in [3.05, 3.63) is 231 Å². The third-order valence-corrected chi connectivity index (χ3v) is 16.1. The van der Waals surface area contributed by atoms with Crippen molar-refractivity contribution in [1.29, 1.82) is 5.26 Å². The number of carbonyl (C=O) groups is 1. The number of carboxylic acids is 1. The van der Waals surface area contributed by atoms with Gasteiger partial charge in [0.15, 0.2) is 0 Å². The standard InChI is InChI=1S/C13H14ClNO3.3C13H12ClNO2.C10H8ClNO2.C10H9NO3/c1-18-8-4-5-9-11(7-8)10(3-2-6-16)13(17)15-12(9)14;1-16-8-4-5-9-10(7-8)12-11(15-13(9)14)3-2-6-17-12;1-3-6-17-12-8-9-7-10(16-2)4-5-11(9)13(14)15-12;1-3-4-10-11-7-8(17-2)5-6-9(11)12(14)15-13(10)16;1-14-7-2-3-8-6(4-7)5-9(13)12-10(8)11;1-14-9-3-2-7(6-11)8(4-9)5-10(12)13/h4-5,7,16H,2-3,6H2,1H3,(H,15,17);4-5,7H,2-3,6H2,1H3;3-5,7-8H,1,6H2,2H3;3,5-7H,1,4H2,2H3,(H,15,16);2-5H,1H3,(H,12,13);2-4H,5H2,1H3,(H,12,13). The summed E-state index contributed by atoms with van der Waals surface area (Å²) < 4.78 is 41.8. The highest BCUT2D eigenvalue weighted by Gasteiger charge is 2.19. The molecule has 0 atom stereocenters. The molecule has 0 aliphatic carbocycles. The number of methoxy groups -OCH3 is 6. The fourth-order valence-corrected chi connectivity index (χ4v) is 11.2. The number of rotatable bonds is 16. The molecule has 0 unspecified atom stereocenters. The number of H-pyrrole nitrogens is 3. The second-order valence-electron chi connectivity index (χ2n) is 20.7. The van der Waals surface area contributed by atoms with Gasteiger partial charge in [-0.25, -0.2) is 9.97 Å². The molecule has 5 N–H and O–H groups in total. The smallest absolute Gasteiger partial charge is 0.307 e. The first kappa shape index (κ1) is 74.4. The summed E-state index contributed by atoms with van der Waals surface area (Å²) in [5.74, 6) is 4.59. The molecule has 504 valence electrons. The minimum Gasteiger partial charge on any atom is -0.497 e. The summed E-state index contributed by atoms with van der Waals surface area (Å²) in [5.41, 5.74) is 2.45. The zero-order chi connectivity index (χ0) is 70.3. The molecule has 1 aliphatic heterocycles. The van der Waals surface area contributed by atoms with Gasteiger partial charge in [0.1, 0.15) is 72.6 Å². The molecule has 6 aromatic carbocycles. The number of pyridine rings is 5. The first-order valence-electron chi connectivity index (χ1n) is 29.6. The van der Waals surface area contributed by atoms with Crippen LogP contribution in [0, 0.1) is 11.3 Å². The molecule has 0 radical (unpaired) electrons. The molecule has 11 aromatic rings. The lowest BCUT2D eigenvalue weighted by molar-refractivity contribution is -0.136. The number of aliphatic hydroxyl groups is 1. The highest BCUT2D eigenvalue weighted by atomic mass is 35.5. The van der Waals surface area contributed by atoms with Crippen LogP contribution in [0.3, 0.4) is 0 Å². The van der Waals surface area contributed by atoms with Crippen LogP contribution in [0.15, 0.2) is 161 Å². The Balaban J connectivity index is 0.000000164. The summed E-state index contributed by atoms with van der Waals surface area (Å²) in [6.45, 7) is 8.42. The van der Waals surface area contributed by atoms with Crippen LogP contribution in [-0.4, -0.2) is 104 Å². The van der Waals surface area contributed by atoms with Crippen LogP contribution in [0.5, 0.6) is 46.1 Å². The van der Waals surface area contributed by atoms with E-state index in [9.17, 15) is 19.2 Å². The van der Waals surface area contributed by atoms with Crippen LogP contribution in [0.2, 0.25) is 25.8 Å². The van der Waals surface area contributed by atoms with Crippen molar-refractivity contribution in [2.75, 3.05) is 62.5 Å². The predicted molar refractivity (Wildman–Crippen MR) is 383 cm³/mol. The molecule has 97 heavy (non-hydrogen) atoms. The number of halogens is 5. The average molecular weight is 1420 g/mol. The molecule has 5 aromatic heterocycles. The van der Waals surface area contributed by atoms with Gasteiger partial charge in [-0.3, -0.25) is 19.2 Å². The van der Waals surface area contributed by atoms with Crippen LogP contribution in [-0.2, 0) is 30.5 Å². The van der Waals surface area contributed by atoms with Crippen LogP contribution in [0.1, 0.15) is 40.8 Å². The number of ether oxygens (including phenoxy) is 8. The summed E-state index contributed by atoms with van der Waals surface area (Å²) >= 11 is 30.1. The number of aromatic amines is 3. The average Bonchev–Trinajstić information content (AvgIpc) is 0.802. The van der Waals surface area contributed by atoms with Gasteiger partial charge < -0.3 is 63.1 Å². The molecule has 6 heterocycles. The number of carboxylic acid groups (broad SMARTS) is 1. The highest BCUT2D eigenvalue weighted by Crippen LogP contribution is 2.38. The van der Waals surface area contributed by atoms with Gasteiger partial charge in [-0.05, 0) is 168 Å². The molecule has 0 spiro atoms. The van der Waals surface area contributed by atoms with E-state index in [2.05, 4.69) is 38.1 Å². The van der Waals surface area contributed by atoms with Gasteiger partial charge in [-0.1, -0.05) is 76.7 Å². The van der Waals surface area contributed by atoms with E-state index in [0.717, 1.165) is 96.3 Å². The van der Waals surface area contributed by atoms with Crippen molar-refractivity contribution in [2.45, 2.75) is 38.5 Å². The SMILES string of the molecule is C=CCOc1cc2cc(OC)ccc2c(Cl)n1.C=CCc1c(=O)[nH]c(Cl)c2ccc(OC)cc12.COc1ccc(C#N)c(CC(=O)O)c1.COc1ccc2c(Cl)[nH]c(=O)c(CCCO)c2c1.COc1ccc2c(Cl)[nH]c(=O)cc2c1.COc1ccc2c(Cl)nc3c(c2c1)OCCC3. The molecule has 25 heteroatoms. The molecular formula is C72H67Cl5N6O14. The molecule has 0 saturated carbocycles. The summed E-state index contributed by atoms with van der Waals surface area (Å²) in [6, 6.07) is 37.6. The van der Waals surface area contributed by atoms with E-state index in [4.69, 9.17) is 111 Å². The minimum absolute atomic E-state index is 0.0491. The Labute approximate surface area is 582 Å². The van der Waals surface area contributed by atoms with Gasteiger partial charge in [-0.15, -0.1) is 6.58 Å². The second-order valence-corrected chi connectivity index (χ2v) is 22.6. The second kappa shape index (κ2) is 36.2. The molecule has 0 saturated heterocycles. The Kier molecular flexibility index (Phi) is 27.8. The molecule has 12 rings (SSSR count). The third kappa shape index (κ3) is 19.6. The van der Waals surface area contributed by atoms with Gasteiger partial charge in [0, 0.05) is 62.2 Å². The Morgan fingerprint density at radius 2 is 1.07 bits per heavy atom. The van der Waals surface area contributed by atoms with E-state index in [-0.39, 0.29) is 29.7 Å². The van der Waals surface area contributed by atoms with E-state index in [1.165, 1.54) is 13.2 Å². The number of aliphatic carboxylic acids is 1. The summed E-state index contributed by atoms with van der Waals surface area (Å²) in [7, 11) is 9.50. The Morgan fingerprint density at radius 3 is 1.62 bits per heavy atom. The van der Waals surface area contributed by atoms with Crippen molar-refractivity contribution in [1.82, 2.24) is 24.9 Å². The lowest BCUT2D eigenvalue weighted by Gasteiger charge is -2.19. The summed E-state index contributed by atoms with van der Waals surface area (Å²) in [4.78, 5) is 61.6. The molecule has 20 nitrogen and oxygen atoms in total. The Hall–Kier alpha value is -9.98. The fraction of sp³-hybridized carbons (Fsp3) is 0.208. The van der Waals surface area contributed by atoms with Crippen LogP contribution in [0.4, 0.5) is 0 Å². The largest absolute Gasteiger partial charge is 0.497 e. The van der Waals surface area contributed by atoms with Crippen LogP contribution >= 0.6 is 58.0 Å². The molecule has 0 amide bonds. The number of nitriles is 1. The number of aryl methyl sites for hydroxylation is 2. The number of hydrogen-bond acceptors (Lipinski definition) is 16. The van der Waals surface area contributed by atoms with Gasteiger partial charge in [0.25, 0.3) is 11.1 Å². The van der Waals surface area contributed by atoms with Gasteiger partial charge >= 0.3 is 5.97 Å². The molecule has 0 bridgehead atoms. The number of nitrogens with one attached hydrogen (secondary N) is 3. The van der Waals surface area contributed by atoms with E-state index < -0.39 is 5.97 Å². The topological polar surface area (TPSA) is 280 Å². The fourth-order valence-electron chi connectivity index (χ4n) is 9.88. The number of hydrogen-bond donors (Lipinski definition) is 5. The van der Waals surface area contributed by atoms with Crippen molar-refractivity contribution >= 4 is 118 Å². The highest BCUT2D eigenvalue weighted by molar-refractivity contribution is 6.36. The normalized spacial score (nSPS) is 11.0. The summed E-state index contributed by atoms with van der Waals surface area (Å²) in [5, 5.41) is 36.6. The lowest BCUT2D eigenvalue weighted by Crippen LogP contribution is -2.14. The Morgan fingerprint density at radius 1 is 0.588 bits per heavy atom. The van der Waals surface area contributed by atoms with E-state index >= 15 is 0 Å². The van der Waals surface area contributed by atoms with Crippen LogP contribution < -0.4 is 54.6 Å². The zero-order valence-electron chi connectivity index (χ0n) is 53.5. The van der Waals surface area contributed by atoms with Gasteiger partial charge in [0.2, 0.25) is 11.4 Å². The predicted octanol–water partition coefficient (Wildman–Crippen LogP) is 15.1. The quantitative estimate of drug-likeness (QED) is 0.0444. The van der Waals surface area contributed by atoms with Crippen LogP contribution in [0.25, 0.3) is 53.9 Å². The Bertz CT molecular complexity index is 4880. The van der Waals surface area contributed by atoms with Crippen molar-refractivity contribution in [3.8, 4) is 52.2 Å². The minimum atomic E-state index is -0.963. The van der Waals surface area contributed by atoms with Gasteiger partial charge in [0.05, 0.1) is 73.0 Å². The number of aliphatic hydroxyl groups excluding tert-OH is 1. The number of benzene rings is 6. The lowest BCUT2D eigenvalue weighted by atomic mass is 10.0. The third-order valence-electron chi connectivity index (χ3n) is 14.6. The van der Waals surface area contributed by atoms with Gasteiger partial charge in [-0.2, -0.15) is 5.26 Å². The molecule has 0 fully saturated rings. The first-order chi connectivity index (χ1) is 46.7. The monoisotopic (exact) mass is 1410 g/mol. The zero-order valence-corrected chi connectivity index (χ0v) is 57.3. The van der Waals surface area contributed by atoms with E-state index in [1.54, 1.807) is 90.2 Å². The number of nitrogens with zero attached hydrogens (tertiary/aromatic N) is 3. The molecule has 1 aliphatic rings. The maximum Gasteiger partial charge on any atom is 0.307 e. The number of allylic oxidation sites excluding steroid dienone is 1. The number of aromatic nitrogens is 5. The van der Waals surface area contributed by atoms with Crippen molar-refractivity contribution < 1.29 is 52.9 Å². The maximum absolute atomic E-state index is 11.9. The van der Waals surface area contributed by atoms with E-state index in [1.807, 2.05) is 78.9 Å². The van der Waals surface area contributed by atoms with Crippen molar-refractivity contribution in [3.63, 3.8) is 0 Å². The molecular weight excluding hydrogens is 1350 g/mol. The van der Waals surface area contributed by atoms with Crippen molar-refractivity contribution in [2.24, 2.45) is 0 Å². The summed E-state index contributed by atoms with van der Waals surface area (Å²) in [6.07, 6.45) is 6.64.